The van der Waals surface area contributed by atoms with Gasteiger partial charge in [-0.2, -0.15) is 0 Å². The third-order valence-corrected chi connectivity index (χ3v) is 3.85. The average molecular weight is 328 g/mol. The molecule has 0 bridgehead atoms. The Morgan fingerprint density at radius 1 is 1.38 bits per heavy atom. The van der Waals surface area contributed by atoms with Gasteiger partial charge in [-0.15, -0.1) is 0 Å². The molecule has 1 atom stereocenters. The summed E-state index contributed by atoms with van der Waals surface area (Å²) in [6.45, 7) is 3.14. The summed E-state index contributed by atoms with van der Waals surface area (Å²) in [5, 5.41) is 9.28. The topological polar surface area (TPSA) is 87.5 Å². The molecule has 3 rings (SSSR count). The molecule has 2 aromatic rings. The molecule has 1 aliphatic rings. The van der Waals surface area contributed by atoms with Gasteiger partial charge in [0.15, 0.2) is 11.6 Å². The molecule has 1 saturated heterocycles. The lowest BCUT2D eigenvalue weighted by atomic mass is 10.2. The fraction of sp³-hybridized carbons (Fsp3) is 0.353. The minimum Gasteiger partial charge on any atom is -0.354 e. The minimum absolute atomic E-state index is 0.146. The van der Waals surface area contributed by atoms with Crippen LogP contribution in [0.3, 0.4) is 0 Å². The Hall–Kier alpha value is -2.83. The van der Waals surface area contributed by atoms with Crippen LogP contribution in [0.15, 0.2) is 40.9 Å². The molecule has 2 N–H and O–H groups in total. The second-order valence-electron chi connectivity index (χ2n) is 5.89. The minimum atomic E-state index is -0.373. The van der Waals surface area contributed by atoms with Crippen molar-refractivity contribution in [1.82, 2.24) is 15.4 Å². The van der Waals surface area contributed by atoms with Gasteiger partial charge in [-0.05, 0) is 13.3 Å². The molecule has 0 unspecified atom stereocenters. The molecule has 24 heavy (non-hydrogen) atoms. The van der Waals surface area contributed by atoms with Gasteiger partial charge >= 0.3 is 6.03 Å². The first kappa shape index (κ1) is 16.0. The van der Waals surface area contributed by atoms with Crippen molar-refractivity contribution in [2.24, 2.45) is 0 Å². The van der Waals surface area contributed by atoms with Crippen molar-refractivity contribution in [1.29, 1.82) is 0 Å². The van der Waals surface area contributed by atoms with Gasteiger partial charge in [-0.25, -0.2) is 4.79 Å². The number of amides is 3. The lowest BCUT2D eigenvalue weighted by molar-refractivity contribution is -0.127. The Morgan fingerprint density at radius 3 is 2.88 bits per heavy atom. The summed E-state index contributed by atoms with van der Waals surface area (Å²) < 4.78 is 5.23. The van der Waals surface area contributed by atoms with Crippen molar-refractivity contribution < 1.29 is 14.1 Å². The number of rotatable bonds is 5. The average Bonchev–Trinajstić information content (AvgIpc) is 3.18. The molecule has 126 valence electrons. The van der Waals surface area contributed by atoms with Gasteiger partial charge in [0.25, 0.3) is 0 Å². The molecule has 0 saturated carbocycles. The van der Waals surface area contributed by atoms with Gasteiger partial charge < -0.3 is 14.7 Å². The lowest BCUT2D eigenvalue weighted by Gasteiger charge is -2.21. The molecular weight excluding hydrogens is 308 g/mol. The number of benzene rings is 1. The van der Waals surface area contributed by atoms with Crippen molar-refractivity contribution in [3.05, 3.63) is 36.4 Å². The lowest BCUT2D eigenvalue weighted by Crippen LogP contribution is -2.44. The summed E-state index contributed by atoms with van der Waals surface area (Å²) in [5.74, 6) is 1.07. The number of nitrogens with one attached hydrogen (secondary N) is 2. The van der Waals surface area contributed by atoms with E-state index in [1.807, 2.05) is 37.3 Å². The zero-order valence-corrected chi connectivity index (χ0v) is 13.5. The summed E-state index contributed by atoms with van der Waals surface area (Å²) in [4.78, 5) is 25.4. The van der Waals surface area contributed by atoms with Crippen LogP contribution in [0.25, 0.3) is 11.3 Å². The molecule has 2 heterocycles. The van der Waals surface area contributed by atoms with Crippen LogP contribution in [0.4, 0.5) is 10.6 Å². The van der Waals surface area contributed by atoms with Crippen LogP contribution < -0.4 is 10.6 Å². The van der Waals surface area contributed by atoms with E-state index in [1.165, 1.54) is 0 Å². The first-order valence-electron chi connectivity index (χ1n) is 7.99. The highest BCUT2D eigenvalue weighted by molar-refractivity contribution is 5.89. The summed E-state index contributed by atoms with van der Waals surface area (Å²) >= 11 is 0. The number of anilines is 1. The van der Waals surface area contributed by atoms with E-state index in [4.69, 9.17) is 4.52 Å². The molecule has 1 aromatic heterocycles. The molecule has 1 aromatic carbocycles. The molecule has 7 heteroatoms. The third-order valence-electron chi connectivity index (χ3n) is 3.85. The molecule has 0 radical (unpaired) electrons. The van der Waals surface area contributed by atoms with E-state index < -0.39 is 0 Å². The molecule has 1 fully saturated rings. The maximum Gasteiger partial charge on any atom is 0.320 e. The highest BCUT2D eigenvalue weighted by Crippen LogP contribution is 2.21. The van der Waals surface area contributed by atoms with Crippen LogP contribution in [0, 0.1) is 0 Å². The molecule has 0 aliphatic carbocycles. The zero-order valence-electron chi connectivity index (χ0n) is 13.5. The largest absolute Gasteiger partial charge is 0.354 e. The quantitative estimate of drug-likeness (QED) is 0.882. The van der Waals surface area contributed by atoms with Gasteiger partial charge in [0.1, 0.15) is 0 Å². The van der Waals surface area contributed by atoms with Crippen LogP contribution >= 0.6 is 0 Å². The first-order valence-corrected chi connectivity index (χ1v) is 7.99. The zero-order chi connectivity index (χ0) is 16.9. The van der Waals surface area contributed by atoms with E-state index in [0.717, 1.165) is 18.5 Å². The summed E-state index contributed by atoms with van der Waals surface area (Å²) in [7, 11) is 0. The Bertz CT molecular complexity index is 714. The third kappa shape index (κ3) is 3.92. The van der Waals surface area contributed by atoms with Gasteiger partial charge in [0.2, 0.25) is 5.91 Å². The maximum absolute atomic E-state index is 12.0. The van der Waals surface area contributed by atoms with E-state index in [1.54, 1.807) is 11.0 Å². The monoisotopic (exact) mass is 328 g/mol. The second-order valence-corrected chi connectivity index (χ2v) is 5.89. The van der Waals surface area contributed by atoms with Gasteiger partial charge in [-0.1, -0.05) is 35.5 Å². The Morgan fingerprint density at radius 2 is 2.17 bits per heavy atom. The van der Waals surface area contributed by atoms with E-state index in [0.29, 0.717) is 24.5 Å². The van der Waals surface area contributed by atoms with Crippen molar-refractivity contribution in [2.45, 2.75) is 25.8 Å². The number of aromatic nitrogens is 1. The standard InChI is InChI=1S/C17H20N4O3/c1-12(11-21-9-5-8-16(21)22)18-17(23)19-15-10-14(24-20-15)13-6-3-2-4-7-13/h2-4,6-7,10,12H,5,8-9,11H2,1H3,(H2,18,19,20,23)/t12-/m0/s1. The smallest absolute Gasteiger partial charge is 0.320 e. The molecule has 1 aliphatic heterocycles. The van der Waals surface area contributed by atoms with Crippen LogP contribution in [-0.4, -0.2) is 41.1 Å². The maximum atomic E-state index is 12.0. The Balaban J connectivity index is 1.51. The van der Waals surface area contributed by atoms with Crippen LogP contribution in [-0.2, 0) is 4.79 Å². The molecular formula is C17H20N4O3. The van der Waals surface area contributed by atoms with Crippen molar-refractivity contribution in [2.75, 3.05) is 18.4 Å². The predicted octanol–water partition coefficient (Wildman–Crippen LogP) is 2.47. The van der Waals surface area contributed by atoms with E-state index in [2.05, 4.69) is 15.8 Å². The number of carbonyl (C=O) groups is 2. The molecule has 3 amide bonds. The summed E-state index contributed by atoms with van der Waals surface area (Å²) in [5.41, 5.74) is 0.888. The summed E-state index contributed by atoms with van der Waals surface area (Å²) in [6.07, 6.45) is 1.49. The highest BCUT2D eigenvalue weighted by Gasteiger charge is 2.22. The normalized spacial score (nSPS) is 15.4. The number of hydrogen-bond acceptors (Lipinski definition) is 4. The van der Waals surface area contributed by atoms with Gasteiger partial charge in [-0.3, -0.25) is 10.1 Å². The fourth-order valence-electron chi connectivity index (χ4n) is 2.72. The van der Waals surface area contributed by atoms with Gasteiger partial charge in [0.05, 0.1) is 0 Å². The predicted molar refractivity (Wildman–Crippen MR) is 89.4 cm³/mol. The Labute approximate surface area is 140 Å². The first-order chi connectivity index (χ1) is 11.6. The second kappa shape index (κ2) is 7.16. The van der Waals surface area contributed by atoms with Crippen molar-refractivity contribution >= 4 is 17.8 Å². The van der Waals surface area contributed by atoms with E-state index >= 15 is 0 Å². The number of likely N-dealkylation sites (tertiary alicyclic amines) is 1. The number of nitrogens with zero attached hydrogens (tertiary/aromatic N) is 2. The fourth-order valence-corrected chi connectivity index (χ4v) is 2.72. The highest BCUT2D eigenvalue weighted by atomic mass is 16.5. The number of hydrogen-bond donors (Lipinski definition) is 2. The van der Waals surface area contributed by atoms with E-state index in [-0.39, 0.29) is 18.0 Å². The SMILES string of the molecule is C[C@@H](CN1CCCC1=O)NC(=O)Nc1cc(-c2ccccc2)on1. The number of urea groups is 1. The number of carbonyl (C=O) groups excluding carboxylic acids is 2. The van der Waals surface area contributed by atoms with E-state index in [9.17, 15) is 9.59 Å². The molecule has 0 spiro atoms. The Kier molecular flexibility index (Phi) is 4.79. The molecule has 7 nitrogen and oxygen atoms in total. The van der Waals surface area contributed by atoms with Crippen LogP contribution in [0.2, 0.25) is 0 Å². The van der Waals surface area contributed by atoms with Crippen molar-refractivity contribution in [3.63, 3.8) is 0 Å². The van der Waals surface area contributed by atoms with Crippen molar-refractivity contribution in [3.8, 4) is 11.3 Å². The summed E-state index contributed by atoms with van der Waals surface area (Å²) in [6, 6.07) is 10.7. The van der Waals surface area contributed by atoms with Crippen LogP contribution in [0.1, 0.15) is 19.8 Å². The van der Waals surface area contributed by atoms with Gasteiger partial charge in [0, 0.05) is 37.2 Å². The van der Waals surface area contributed by atoms with Crippen LogP contribution in [0.5, 0.6) is 0 Å².